The van der Waals surface area contributed by atoms with Crippen molar-refractivity contribution in [3.63, 3.8) is 0 Å². The Kier molecular flexibility index (Phi) is 6.57. The molecule has 31 heavy (non-hydrogen) atoms. The molecule has 1 aliphatic heterocycles. The number of carbonyl (C=O) groups is 1. The van der Waals surface area contributed by atoms with Crippen LogP contribution in [0.5, 0.6) is 11.6 Å². The van der Waals surface area contributed by atoms with Gasteiger partial charge in [-0.1, -0.05) is 34.8 Å². The monoisotopic (exact) mass is 511 g/mol. The minimum absolute atomic E-state index is 0.0185. The molecule has 1 atom stereocenters. The summed E-state index contributed by atoms with van der Waals surface area (Å²) in [5.74, 6) is -0.277. The summed E-state index contributed by atoms with van der Waals surface area (Å²) in [6.07, 6.45) is 0.568. The molecule has 0 saturated heterocycles. The van der Waals surface area contributed by atoms with E-state index in [1.165, 1.54) is 21.7 Å². The van der Waals surface area contributed by atoms with Crippen molar-refractivity contribution in [3.05, 3.63) is 33.4 Å². The average molecular weight is 513 g/mol. The Morgan fingerprint density at radius 1 is 1.26 bits per heavy atom. The molecule has 2 heterocycles. The molecule has 0 radical (unpaired) electrons. The van der Waals surface area contributed by atoms with E-state index in [4.69, 9.17) is 48.5 Å². The molecule has 170 valence electrons. The summed E-state index contributed by atoms with van der Waals surface area (Å²) >= 11 is 17.9. The zero-order valence-corrected chi connectivity index (χ0v) is 20.1. The van der Waals surface area contributed by atoms with E-state index in [1.807, 2.05) is 0 Å². The fourth-order valence-corrected chi connectivity index (χ4v) is 4.74. The first kappa shape index (κ1) is 23.8. The predicted molar refractivity (Wildman–Crippen MR) is 115 cm³/mol. The van der Waals surface area contributed by atoms with Crippen LogP contribution < -0.4 is 8.92 Å². The number of likely N-dealkylation sites (N-methyl/N-ethyl adjacent to an activating group) is 1. The molecule has 0 aliphatic carbocycles. The number of rotatable bonds is 4. The molecule has 1 amide bonds. The summed E-state index contributed by atoms with van der Waals surface area (Å²) in [5, 5.41) is 4.15. The highest BCUT2D eigenvalue weighted by atomic mass is 35.5. The Hall–Kier alpha value is -1.88. The maximum Gasteiger partial charge on any atom is 0.410 e. The van der Waals surface area contributed by atoms with Gasteiger partial charge in [-0.25, -0.2) is 9.48 Å². The van der Waals surface area contributed by atoms with E-state index >= 15 is 0 Å². The lowest BCUT2D eigenvalue weighted by molar-refractivity contribution is 0.0101. The molecule has 0 fully saturated rings. The van der Waals surface area contributed by atoms with E-state index in [0.29, 0.717) is 0 Å². The lowest BCUT2D eigenvalue weighted by Gasteiger charge is -2.33. The smallest absolute Gasteiger partial charge is 0.410 e. The molecule has 1 aromatic carbocycles. The van der Waals surface area contributed by atoms with E-state index in [2.05, 4.69) is 5.10 Å². The molecule has 3 rings (SSSR count). The van der Waals surface area contributed by atoms with Gasteiger partial charge < -0.3 is 18.6 Å². The molecule has 0 spiro atoms. The van der Waals surface area contributed by atoms with Gasteiger partial charge in [-0.2, -0.15) is 13.5 Å². The van der Waals surface area contributed by atoms with Crippen LogP contribution in [0, 0.1) is 0 Å². The SMILES string of the molecule is CN(C(=O)OC(C)(C)C)C1COc2c(S(=O)(=O)Oc3c(Cl)cc(Cl)cc3Cl)cnn2C1. The predicted octanol–water partition coefficient (Wildman–Crippen LogP) is 4.24. The van der Waals surface area contributed by atoms with Crippen LogP contribution in [0.2, 0.25) is 15.1 Å². The van der Waals surface area contributed by atoms with Crippen molar-refractivity contribution < 1.29 is 26.9 Å². The molecular formula is C18H20Cl3N3O6S. The van der Waals surface area contributed by atoms with Gasteiger partial charge in [0.25, 0.3) is 0 Å². The summed E-state index contributed by atoms with van der Waals surface area (Å²) in [4.78, 5) is 13.4. The van der Waals surface area contributed by atoms with E-state index in [0.717, 1.165) is 6.20 Å². The number of ether oxygens (including phenoxy) is 2. The van der Waals surface area contributed by atoms with Crippen LogP contribution in [-0.4, -0.2) is 54.5 Å². The fourth-order valence-electron chi connectivity index (χ4n) is 2.71. The molecule has 1 aromatic heterocycles. The topological polar surface area (TPSA) is 100.0 Å². The summed E-state index contributed by atoms with van der Waals surface area (Å²) in [6.45, 7) is 5.52. The third-order valence-corrected chi connectivity index (χ3v) is 6.19. The van der Waals surface area contributed by atoms with Gasteiger partial charge in [-0.15, -0.1) is 0 Å². The second-order valence-electron chi connectivity index (χ2n) is 7.79. The van der Waals surface area contributed by atoms with Crippen molar-refractivity contribution in [1.82, 2.24) is 14.7 Å². The van der Waals surface area contributed by atoms with Crippen LogP contribution in [0.4, 0.5) is 4.79 Å². The van der Waals surface area contributed by atoms with Crippen molar-refractivity contribution in [2.75, 3.05) is 13.7 Å². The largest absolute Gasteiger partial charge is 0.475 e. The minimum Gasteiger partial charge on any atom is -0.475 e. The van der Waals surface area contributed by atoms with Crippen LogP contribution >= 0.6 is 34.8 Å². The molecule has 1 unspecified atom stereocenters. The number of nitrogens with zero attached hydrogens (tertiary/aromatic N) is 3. The van der Waals surface area contributed by atoms with Gasteiger partial charge >= 0.3 is 16.2 Å². The van der Waals surface area contributed by atoms with Gasteiger partial charge in [0.05, 0.1) is 28.8 Å². The molecule has 13 heteroatoms. The maximum absolute atomic E-state index is 12.8. The average Bonchev–Trinajstić information content (AvgIpc) is 3.06. The second kappa shape index (κ2) is 8.57. The third-order valence-electron chi connectivity index (χ3n) is 4.21. The second-order valence-corrected chi connectivity index (χ2v) is 10.6. The van der Waals surface area contributed by atoms with E-state index in [1.54, 1.807) is 27.8 Å². The zero-order valence-electron chi connectivity index (χ0n) is 17.1. The number of benzene rings is 1. The number of fused-ring (bicyclic) bond motifs is 1. The molecule has 0 saturated carbocycles. The van der Waals surface area contributed by atoms with Crippen molar-refractivity contribution >= 4 is 51.0 Å². The first-order chi connectivity index (χ1) is 14.3. The van der Waals surface area contributed by atoms with Crippen LogP contribution in [0.3, 0.4) is 0 Å². The highest BCUT2D eigenvalue weighted by molar-refractivity contribution is 7.87. The van der Waals surface area contributed by atoms with Gasteiger partial charge in [0.1, 0.15) is 12.2 Å². The molecular weight excluding hydrogens is 493 g/mol. The Morgan fingerprint density at radius 2 is 1.87 bits per heavy atom. The molecule has 2 aromatic rings. The van der Waals surface area contributed by atoms with E-state index in [-0.39, 0.29) is 44.7 Å². The molecule has 0 N–H and O–H groups in total. The standard InChI is InChI=1S/C18H20Cl3N3O6S/c1-18(2,3)29-17(25)23(4)11-8-24-16(28-9-11)14(7-22-24)31(26,27)30-15-12(20)5-10(19)6-13(15)21/h5-7,11H,8-9H2,1-4H3. The number of aromatic nitrogens is 2. The van der Waals surface area contributed by atoms with Crippen LogP contribution in [0.25, 0.3) is 0 Å². The van der Waals surface area contributed by atoms with Crippen LogP contribution in [0.15, 0.2) is 23.2 Å². The number of hydrogen-bond donors (Lipinski definition) is 0. The van der Waals surface area contributed by atoms with E-state index in [9.17, 15) is 13.2 Å². The third kappa shape index (κ3) is 5.31. The molecule has 1 aliphatic rings. The lowest BCUT2D eigenvalue weighted by atomic mass is 10.2. The number of hydrogen-bond acceptors (Lipinski definition) is 7. The van der Waals surface area contributed by atoms with Crippen LogP contribution in [-0.2, 0) is 21.4 Å². The number of amides is 1. The Bertz CT molecular complexity index is 1090. The van der Waals surface area contributed by atoms with Crippen molar-refractivity contribution in [1.29, 1.82) is 0 Å². The maximum atomic E-state index is 12.8. The zero-order chi connectivity index (χ0) is 23.1. The fraction of sp³-hybridized carbons (Fsp3) is 0.444. The van der Waals surface area contributed by atoms with Gasteiger partial charge in [-0.05, 0) is 32.9 Å². The quantitative estimate of drug-likeness (QED) is 0.565. The lowest BCUT2D eigenvalue weighted by Crippen LogP contribution is -2.47. The first-order valence-corrected chi connectivity index (χ1v) is 11.6. The summed E-state index contributed by atoms with van der Waals surface area (Å²) < 4.78 is 43.1. The van der Waals surface area contributed by atoms with E-state index < -0.39 is 27.9 Å². The van der Waals surface area contributed by atoms with Crippen LogP contribution in [0.1, 0.15) is 20.8 Å². The van der Waals surface area contributed by atoms with Gasteiger partial charge in [0.15, 0.2) is 10.6 Å². The van der Waals surface area contributed by atoms with Gasteiger partial charge in [0.2, 0.25) is 5.88 Å². The minimum atomic E-state index is -4.37. The summed E-state index contributed by atoms with van der Waals surface area (Å²) in [5.41, 5.74) is -0.652. The Morgan fingerprint density at radius 3 is 2.45 bits per heavy atom. The summed E-state index contributed by atoms with van der Waals surface area (Å²) in [6, 6.07) is 2.20. The number of halogens is 3. The molecule has 0 bridgehead atoms. The summed E-state index contributed by atoms with van der Waals surface area (Å²) in [7, 11) is -2.80. The number of carbonyl (C=O) groups excluding carboxylic acids is 1. The van der Waals surface area contributed by atoms with Crippen molar-refractivity contribution in [3.8, 4) is 11.6 Å². The molecule has 9 nitrogen and oxygen atoms in total. The van der Waals surface area contributed by atoms with Crippen molar-refractivity contribution in [2.24, 2.45) is 0 Å². The Balaban J connectivity index is 1.80. The highest BCUT2D eigenvalue weighted by Crippen LogP contribution is 2.39. The van der Waals surface area contributed by atoms with Gasteiger partial charge in [0, 0.05) is 12.1 Å². The first-order valence-electron chi connectivity index (χ1n) is 9.02. The van der Waals surface area contributed by atoms with Crippen molar-refractivity contribution in [2.45, 2.75) is 43.9 Å². The normalized spacial score (nSPS) is 16.3. The Labute approximate surface area is 194 Å². The highest BCUT2D eigenvalue weighted by Gasteiger charge is 2.35. The van der Waals surface area contributed by atoms with Gasteiger partial charge in [-0.3, -0.25) is 0 Å².